The standard InChI is InChI=1S/C16H17N3O2/c1-6-14-16(17-7-1)19(11-13-5-3-9-21-13)15(18-14)10-12-4-2-8-20-12/h1,3,5-7,9,12H,2,4,8,10-11H2. The third kappa shape index (κ3) is 2.45. The van der Waals surface area contributed by atoms with Crippen molar-refractivity contribution < 1.29 is 9.15 Å². The molecule has 1 aliphatic rings. The highest BCUT2D eigenvalue weighted by molar-refractivity contribution is 5.71. The second-order valence-corrected chi connectivity index (χ2v) is 5.38. The van der Waals surface area contributed by atoms with Crippen LogP contribution in [0.15, 0.2) is 41.1 Å². The number of rotatable bonds is 4. The molecule has 5 nitrogen and oxygen atoms in total. The molecule has 21 heavy (non-hydrogen) atoms. The van der Waals surface area contributed by atoms with Crippen molar-refractivity contribution in [3.8, 4) is 0 Å². The molecule has 1 atom stereocenters. The molecule has 0 amide bonds. The number of nitrogens with zero attached hydrogens (tertiary/aromatic N) is 3. The molecule has 0 radical (unpaired) electrons. The van der Waals surface area contributed by atoms with E-state index in [1.807, 2.05) is 24.3 Å². The predicted molar refractivity (Wildman–Crippen MR) is 78.0 cm³/mol. The zero-order valence-electron chi connectivity index (χ0n) is 11.7. The van der Waals surface area contributed by atoms with Gasteiger partial charge in [-0.3, -0.25) is 0 Å². The van der Waals surface area contributed by atoms with Crippen molar-refractivity contribution in [3.63, 3.8) is 0 Å². The Morgan fingerprint density at radius 1 is 1.29 bits per heavy atom. The molecule has 0 bridgehead atoms. The fraction of sp³-hybridized carbons (Fsp3) is 0.375. The van der Waals surface area contributed by atoms with Crippen molar-refractivity contribution in [2.45, 2.75) is 31.9 Å². The van der Waals surface area contributed by atoms with E-state index < -0.39 is 0 Å². The van der Waals surface area contributed by atoms with Gasteiger partial charge >= 0.3 is 0 Å². The van der Waals surface area contributed by atoms with Crippen LogP contribution < -0.4 is 0 Å². The number of hydrogen-bond acceptors (Lipinski definition) is 4. The van der Waals surface area contributed by atoms with Gasteiger partial charge in [0, 0.05) is 19.2 Å². The summed E-state index contributed by atoms with van der Waals surface area (Å²) in [5.74, 6) is 1.93. The fourth-order valence-electron chi connectivity index (χ4n) is 2.89. The molecule has 4 rings (SSSR count). The number of imidazole rings is 1. The van der Waals surface area contributed by atoms with E-state index in [-0.39, 0.29) is 6.10 Å². The second-order valence-electron chi connectivity index (χ2n) is 5.38. The first-order chi connectivity index (χ1) is 10.4. The smallest absolute Gasteiger partial charge is 0.160 e. The van der Waals surface area contributed by atoms with Crippen molar-refractivity contribution in [1.29, 1.82) is 0 Å². The number of hydrogen-bond donors (Lipinski definition) is 0. The Hall–Kier alpha value is -2.14. The van der Waals surface area contributed by atoms with Gasteiger partial charge in [0.2, 0.25) is 0 Å². The summed E-state index contributed by atoms with van der Waals surface area (Å²) in [5, 5.41) is 0. The van der Waals surface area contributed by atoms with Crippen LogP contribution in [0, 0.1) is 0 Å². The van der Waals surface area contributed by atoms with Crippen LogP contribution >= 0.6 is 0 Å². The predicted octanol–water partition coefficient (Wildman–Crippen LogP) is 2.79. The lowest BCUT2D eigenvalue weighted by Gasteiger charge is -2.11. The molecule has 1 unspecified atom stereocenters. The lowest BCUT2D eigenvalue weighted by Crippen LogP contribution is -2.14. The number of furan rings is 1. The summed E-state index contributed by atoms with van der Waals surface area (Å²) < 4.78 is 13.4. The zero-order valence-corrected chi connectivity index (χ0v) is 11.7. The highest BCUT2D eigenvalue weighted by Gasteiger charge is 2.21. The number of ether oxygens (including phenoxy) is 1. The van der Waals surface area contributed by atoms with Crippen LogP contribution in [0.3, 0.4) is 0 Å². The molecular weight excluding hydrogens is 266 g/mol. The van der Waals surface area contributed by atoms with Crippen molar-refractivity contribution in [1.82, 2.24) is 14.5 Å². The Morgan fingerprint density at radius 2 is 2.29 bits per heavy atom. The largest absolute Gasteiger partial charge is 0.467 e. The Bertz CT molecular complexity index is 727. The quantitative estimate of drug-likeness (QED) is 0.739. The summed E-state index contributed by atoms with van der Waals surface area (Å²) in [7, 11) is 0. The first-order valence-electron chi connectivity index (χ1n) is 7.34. The van der Waals surface area contributed by atoms with E-state index in [1.54, 1.807) is 12.5 Å². The van der Waals surface area contributed by atoms with Crippen LogP contribution in [0.4, 0.5) is 0 Å². The van der Waals surface area contributed by atoms with Gasteiger partial charge in [-0.2, -0.15) is 0 Å². The van der Waals surface area contributed by atoms with E-state index in [0.29, 0.717) is 6.54 Å². The fourth-order valence-corrected chi connectivity index (χ4v) is 2.89. The minimum Gasteiger partial charge on any atom is -0.467 e. The van der Waals surface area contributed by atoms with E-state index in [2.05, 4.69) is 9.55 Å². The molecule has 1 fully saturated rings. The van der Waals surface area contributed by atoms with Crippen LogP contribution in [-0.2, 0) is 17.7 Å². The van der Waals surface area contributed by atoms with Gasteiger partial charge in [-0.1, -0.05) is 0 Å². The molecule has 0 saturated carbocycles. The van der Waals surface area contributed by atoms with E-state index in [0.717, 1.165) is 48.6 Å². The number of fused-ring (bicyclic) bond motifs is 1. The van der Waals surface area contributed by atoms with E-state index in [1.165, 1.54) is 0 Å². The average Bonchev–Trinajstić information content (AvgIpc) is 3.23. The number of aromatic nitrogens is 3. The molecule has 108 valence electrons. The lowest BCUT2D eigenvalue weighted by molar-refractivity contribution is 0.109. The van der Waals surface area contributed by atoms with Gasteiger partial charge in [0.15, 0.2) is 5.65 Å². The lowest BCUT2D eigenvalue weighted by atomic mass is 10.2. The minimum atomic E-state index is 0.275. The maximum Gasteiger partial charge on any atom is 0.160 e. The molecule has 1 saturated heterocycles. The summed E-state index contributed by atoms with van der Waals surface area (Å²) >= 11 is 0. The van der Waals surface area contributed by atoms with Crippen LogP contribution in [0.5, 0.6) is 0 Å². The maximum absolute atomic E-state index is 5.75. The molecular formula is C16H17N3O2. The van der Waals surface area contributed by atoms with Crippen LogP contribution in [0.1, 0.15) is 24.4 Å². The SMILES string of the molecule is c1coc(Cn2c(CC3CCCO3)nc3cccnc32)c1. The normalized spacial score (nSPS) is 18.6. The average molecular weight is 283 g/mol. The first-order valence-corrected chi connectivity index (χ1v) is 7.34. The van der Waals surface area contributed by atoms with Gasteiger partial charge in [-0.25, -0.2) is 9.97 Å². The molecule has 3 aromatic rings. The van der Waals surface area contributed by atoms with E-state index in [4.69, 9.17) is 14.1 Å². The monoisotopic (exact) mass is 283 g/mol. The molecule has 1 aliphatic heterocycles. The van der Waals surface area contributed by atoms with Crippen molar-refractivity contribution in [3.05, 3.63) is 48.3 Å². The third-order valence-corrected chi connectivity index (χ3v) is 3.91. The molecule has 4 heterocycles. The van der Waals surface area contributed by atoms with Crippen LogP contribution in [0.25, 0.3) is 11.2 Å². The van der Waals surface area contributed by atoms with E-state index >= 15 is 0 Å². The molecule has 5 heteroatoms. The van der Waals surface area contributed by atoms with Gasteiger partial charge in [0.25, 0.3) is 0 Å². The minimum absolute atomic E-state index is 0.275. The van der Waals surface area contributed by atoms with Gasteiger partial charge in [0.1, 0.15) is 17.1 Å². The van der Waals surface area contributed by atoms with Gasteiger partial charge < -0.3 is 13.7 Å². The summed E-state index contributed by atoms with van der Waals surface area (Å²) in [5.41, 5.74) is 1.83. The zero-order chi connectivity index (χ0) is 14.1. The Balaban J connectivity index is 1.73. The molecule has 3 aromatic heterocycles. The van der Waals surface area contributed by atoms with Crippen LogP contribution in [0.2, 0.25) is 0 Å². The summed E-state index contributed by atoms with van der Waals surface area (Å²) in [6.45, 7) is 1.52. The molecule has 0 spiro atoms. The van der Waals surface area contributed by atoms with Gasteiger partial charge in [0.05, 0.1) is 18.9 Å². The van der Waals surface area contributed by atoms with Crippen LogP contribution in [-0.4, -0.2) is 27.2 Å². The van der Waals surface area contributed by atoms with Crippen molar-refractivity contribution in [2.24, 2.45) is 0 Å². The highest BCUT2D eigenvalue weighted by atomic mass is 16.5. The molecule has 0 aliphatic carbocycles. The third-order valence-electron chi connectivity index (χ3n) is 3.91. The summed E-state index contributed by atoms with van der Waals surface area (Å²) in [4.78, 5) is 9.21. The van der Waals surface area contributed by atoms with Gasteiger partial charge in [-0.15, -0.1) is 0 Å². The Labute approximate surface area is 122 Å². The first kappa shape index (κ1) is 12.6. The summed E-state index contributed by atoms with van der Waals surface area (Å²) in [6.07, 6.45) is 6.85. The van der Waals surface area contributed by atoms with E-state index in [9.17, 15) is 0 Å². The Kier molecular flexibility index (Phi) is 3.20. The summed E-state index contributed by atoms with van der Waals surface area (Å²) in [6, 6.07) is 7.80. The number of pyridine rings is 1. The maximum atomic E-state index is 5.75. The molecule has 0 aromatic carbocycles. The highest BCUT2D eigenvalue weighted by Crippen LogP contribution is 2.21. The molecule has 0 N–H and O–H groups in total. The second kappa shape index (κ2) is 5.33. The van der Waals surface area contributed by atoms with Crippen molar-refractivity contribution in [2.75, 3.05) is 6.61 Å². The topological polar surface area (TPSA) is 53.1 Å². The van der Waals surface area contributed by atoms with Gasteiger partial charge in [-0.05, 0) is 37.1 Å². The Morgan fingerprint density at radius 3 is 3.10 bits per heavy atom. The van der Waals surface area contributed by atoms with Crippen molar-refractivity contribution >= 4 is 11.2 Å².